The molecule has 0 heterocycles. The molecule has 132 valence electrons. The number of hydrogen-bond acceptors (Lipinski definition) is 6. The van der Waals surface area contributed by atoms with Crippen molar-refractivity contribution < 1.29 is 18.1 Å². The first-order valence-corrected chi connectivity index (χ1v) is 8.77. The van der Waals surface area contributed by atoms with Crippen LogP contribution < -0.4 is 0 Å². The summed E-state index contributed by atoms with van der Waals surface area (Å²) in [6, 6.07) is 0. The van der Waals surface area contributed by atoms with Crippen molar-refractivity contribution >= 4 is 34.7 Å². The monoisotopic (exact) mass is 368 g/mol. The molecule has 0 aliphatic carbocycles. The molecule has 0 amide bonds. The van der Waals surface area contributed by atoms with Gasteiger partial charge in [-0.05, 0) is 0 Å². The first-order chi connectivity index (χ1) is 8.99. The molecule has 0 spiro atoms. The summed E-state index contributed by atoms with van der Waals surface area (Å²) in [5.41, 5.74) is 0. The van der Waals surface area contributed by atoms with Crippen molar-refractivity contribution in [1.82, 2.24) is 10.1 Å². The Hall–Kier alpha value is 0.370. The van der Waals surface area contributed by atoms with Gasteiger partial charge < -0.3 is 0 Å². The molecule has 0 saturated carbocycles. The van der Waals surface area contributed by atoms with Gasteiger partial charge in [-0.1, -0.05) is 27.7 Å². The Labute approximate surface area is 141 Å². The third kappa shape index (κ3) is 13.7. The van der Waals surface area contributed by atoms with Gasteiger partial charge in [-0.3, -0.25) is 9.68 Å². The normalized spacial score (nSPS) is 11.3. The minimum absolute atomic E-state index is 0. The predicted octanol–water partition coefficient (Wildman–Crippen LogP) is 1.79. The van der Waals surface area contributed by atoms with E-state index >= 15 is 0 Å². The van der Waals surface area contributed by atoms with Gasteiger partial charge in [-0.2, -0.15) is 10.1 Å². The standard InChI is InChI=1S/C12H28N2O4S.2ClH/c1-5-13(6-2)17-9-11-19(15,16)12-10-18-14(7-3)8-4;;/h5-12H2,1-4H3;2*1H. The minimum atomic E-state index is -3.11. The van der Waals surface area contributed by atoms with Gasteiger partial charge in [-0.25, -0.2) is 8.42 Å². The van der Waals surface area contributed by atoms with E-state index in [2.05, 4.69) is 0 Å². The molecule has 0 aromatic heterocycles. The van der Waals surface area contributed by atoms with E-state index < -0.39 is 9.84 Å². The van der Waals surface area contributed by atoms with Crippen molar-refractivity contribution in [3.05, 3.63) is 0 Å². The van der Waals surface area contributed by atoms with Crippen LogP contribution in [0.15, 0.2) is 0 Å². The molecular formula is C12H30Cl2N2O4S. The van der Waals surface area contributed by atoms with Gasteiger partial charge in [0.25, 0.3) is 0 Å². The highest BCUT2D eigenvalue weighted by Gasteiger charge is 2.13. The molecule has 0 N–H and O–H groups in total. The van der Waals surface area contributed by atoms with E-state index in [1.165, 1.54) is 0 Å². The van der Waals surface area contributed by atoms with Crippen LogP contribution in [-0.4, -0.2) is 69.4 Å². The number of nitrogens with zero attached hydrogens (tertiary/aromatic N) is 2. The second-order valence-corrected chi connectivity index (χ2v) is 6.35. The molecule has 0 aromatic carbocycles. The van der Waals surface area contributed by atoms with Gasteiger partial charge in [0.1, 0.15) is 0 Å². The van der Waals surface area contributed by atoms with E-state index in [0.29, 0.717) is 0 Å². The van der Waals surface area contributed by atoms with Crippen molar-refractivity contribution in [1.29, 1.82) is 0 Å². The van der Waals surface area contributed by atoms with Crippen LogP contribution in [0.3, 0.4) is 0 Å². The summed E-state index contributed by atoms with van der Waals surface area (Å²) in [6.45, 7) is 11.3. The maximum Gasteiger partial charge on any atom is 0.154 e. The van der Waals surface area contributed by atoms with Crippen LogP contribution in [0.1, 0.15) is 27.7 Å². The Morgan fingerprint density at radius 2 is 1.00 bits per heavy atom. The van der Waals surface area contributed by atoms with Crippen LogP contribution >= 0.6 is 24.8 Å². The lowest BCUT2D eigenvalue weighted by molar-refractivity contribution is -0.148. The highest BCUT2D eigenvalue weighted by Crippen LogP contribution is 1.96. The molecule has 21 heavy (non-hydrogen) atoms. The van der Waals surface area contributed by atoms with Crippen LogP contribution in [0.2, 0.25) is 0 Å². The van der Waals surface area contributed by atoms with E-state index in [1.54, 1.807) is 10.1 Å². The van der Waals surface area contributed by atoms with E-state index in [9.17, 15) is 8.42 Å². The first-order valence-electron chi connectivity index (χ1n) is 6.95. The molecule has 0 bridgehead atoms. The Kier molecular flexibility index (Phi) is 19.1. The summed E-state index contributed by atoms with van der Waals surface area (Å²) >= 11 is 0. The fourth-order valence-corrected chi connectivity index (χ4v) is 2.36. The van der Waals surface area contributed by atoms with E-state index in [-0.39, 0.29) is 49.5 Å². The van der Waals surface area contributed by atoms with Gasteiger partial charge in [-0.15, -0.1) is 24.8 Å². The van der Waals surface area contributed by atoms with Gasteiger partial charge in [0.05, 0.1) is 24.7 Å². The first kappa shape index (κ1) is 26.3. The Bertz CT molecular complexity index is 286. The maximum absolute atomic E-state index is 11.7. The summed E-state index contributed by atoms with van der Waals surface area (Å²) in [6.07, 6.45) is 0. The van der Waals surface area contributed by atoms with Crippen molar-refractivity contribution in [2.75, 3.05) is 50.9 Å². The lowest BCUT2D eigenvalue weighted by atomic mass is 10.6. The largest absolute Gasteiger partial charge is 0.298 e. The Balaban J connectivity index is -0.00000162. The van der Waals surface area contributed by atoms with E-state index in [0.717, 1.165) is 26.2 Å². The zero-order valence-electron chi connectivity index (χ0n) is 13.4. The van der Waals surface area contributed by atoms with E-state index in [1.807, 2.05) is 27.7 Å². The van der Waals surface area contributed by atoms with E-state index in [4.69, 9.17) is 9.68 Å². The van der Waals surface area contributed by atoms with Crippen molar-refractivity contribution in [3.63, 3.8) is 0 Å². The Morgan fingerprint density at radius 1 is 0.714 bits per heavy atom. The van der Waals surface area contributed by atoms with Crippen molar-refractivity contribution in [2.24, 2.45) is 0 Å². The number of sulfone groups is 1. The predicted molar refractivity (Wildman–Crippen MR) is 90.9 cm³/mol. The molecule has 6 nitrogen and oxygen atoms in total. The topological polar surface area (TPSA) is 59.1 Å². The molecule has 0 fully saturated rings. The fraction of sp³-hybridized carbons (Fsp3) is 1.00. The molecule has 0 rings (SSSR count). The average molecular weight is 369 g/mol. The molecule has 0 aliphatic rings. The van der Waals surface area contributed by atoms with Crippen LogP contribution in [0.5, 0.6) is 0 Å². The number of halogens is 2. The van der Waals surface area contributed by atoms with Crippen LogP contribution in [0.4, 0.5) is 0 Å². The molecule has 0 aliphatic heterocycles. The summed E-state index contributed by atoms with van der Waals surface area (Å²) in [7, 11) is -3.11. The maximum atomic E-state index is 11.7. The third-order valence-electron chi connectivity index (χ3n) is 2.75. The number of hydroxylamine groups is 4. The second kappa shape index (κ2) is 15.3. The second-order valence-electron chi connectivity index (χ2n) is 4.05. The quantitative estimate of drug-likeness (QED) is 0.489. The van der Waals surface area contributed by atoms with Gasteiger partial charge in [0.15, 0.2) is 9.84 Å². The molecule has 0 radical (unpaired) electrons. The third-order valence-corrected chi connectivity index (χ3v) is 4.32. The number of rotatable bonds is 12. The zero-order valence-corrected chi connectivity index (χ0v) is 15.9. The summed E-state index contributed by atoms with van der Waals surface area (Å²) in [5, 5.41) is 3.48. The molecule has 0 atom stereocenters. The SMILES string of the molecule is CCN(CC)OCCS(=O)(=O)CCON(CC)CC.Cl.Cl. The lowest BCUT2D eigenvalue weighted by Gasteiger charge is -2.19. The molecule has 0 aromatic rings. The average Bonchev–Trinajstić information content (AvgIpc) is 2.39. The molecule has 0 unspecified atom stereocenters. The molecular weight excluding hydrogens is 339 g/mol. The smallest absolute Gasteiger partial charge is 0.154 e. The molecule has 9 heteroatoms. The lowest BCUT2D eigenvalue weighted by Crippen LogP contribution is -2.29. The summed E-state index contributed by atoms with van der Waals surface area (Å²) in [4.78, 5) is 10.7. The van der Waals surface area contributed by atoms with Crippen LogP contribution in [-0.2, 0) is 19.5 Å². The highest BCUT2D eigenvalue weighted by atomic mass is 35.5. The zero-order chi connectivity index (χ0) is 14.7. The van der Waals surface area contributed by atoms with Gasteiger partial charge in [0, 0.05) is 26.2 Å². The highest BCUT2D eigenvalue weighted by molar-refractivity contribution is 7.91. The minimum Gasteiger partial charge on any atom is -0.298 e. The van der Waals surface area contributed by atoms with Crippen LogP contribution in [0.25, 0.3) is 0 Å². The molecule has 0 saturated heterocycles. The van der Waals surface area contributed by atoms with Crippen molar-refractivity contribution in [2.45, 2.75) is 27.7 Å². The summed E-state index contributed by atoms with van der Waals surface area (Å²) in [5.74, 6) is 0.0657. The fourth-order valence-electron chi connectivity index (χ4n) is 1.50. The van der Waals surface area contributed by atoms with Crippen molar-refractivity contribution in [3.8, 4) is 0 Å². The van der Waals surface area contributed by atoms with Gasteiger partial charge >= 0.3 is 0 Å². The van der Waals surface area contributed by atoms with Gasteiger partial charge in [0.2, 0.25) is 0 Å². The Morgan fingerprint density at radius 3 is 1.24 bits per heavy atom. The summed E-state index contributed by atoms with van der Waals surface area (Å²) < 4.78 is 23.5. The van der Waals surface area contributed by atoms with Crippen LogP contribution in [0, 0.1) is 0 Å². The number of hydrogen-bond donors (Lipinski definition) is 0.